The maximum atomic E-state index is 11.3. The van der Waals surface area contributed by atoms with Gasteiger partial charge in [-0.3, -0.25) is 4.79 Å². The highest BCUT2D eigenvalue weighted by Gasteiger charge is 2.14. The molecule has 0 heterocycles. The van der Waals surface area contributed by atoms with Gasteiger partial charge >= 0.3 is 0 Å². The van der Waals surface area contributed by atoms with Gasteiger partial charge in [0.2, 0.25) is 0 Å². The molecule has 1 rings (SSSR count). The molecule has 16 heavy (non-hydrogen) atoms. The van der Waals surface area contributed by atoms with Crippen molar-refractivity contribution >= 4 is 26.4 Å². The van der Waals surface area contributed by atoms with E-state index in [4.69, 9.17) is 4.74 Å². The molecule has 1 aromatic rings. The molecule has 0 fully saturated rings. The monoisotopic (exact) mass is 285 g/mol. The van der Waals surface area contributed by atoms with Gasteiger partial charge in [-0.1, -0.05) is 19.9 Å². The number of rotatable bonds is 3. The Bertz CT molecular complexity index is 391. The van der Waals surface area contributed by atoms with E-state index in [2.05, 4.69) is 29.8 Å². The highest BCUT2D eigenvalue weighted by molar-refractivity contribution is 9.18. The summed E-state index contributed by atoms with van der Waals surface area (Å²) in [6.07, 6.45) is 0. The Balaban J connectivity index is 3.21. The number of nitrogens with zero attached hydrogens (tertiary/aromatic N) is 1. The zero-order valence-corrected chi connectivity index (χ0v) is 11.5. The lowest BCUT2D eigenvalue weighted by Crippen LogP contribution is -2.20. The predicted molar refractivity (Wildman–Crippen MR) is 69.8 cm³/mol. The fourth-order valence-electron chi connectivity index (χ4n) is 1.42. The van der Waals surface area contributed by atoms with Crippen molar-refractivity contribution < 1.29 is 9.53 Å². The minimum absolute atomic E-state index is 0.188. The van der Waals surface area contributed by atoms with Crippen LogP contribution in [0.3, 0.4) is 0 Å². The zero-order valence-electron chi connectivity index (χ0n) is 9.95. The Morgan fingerprint density at radius 1 is 1.44 bits per heavy atom. The first-order chi connectivity index (χ1) is 7.47. The van der Waals surface area contributed by atoms with E-state index in [1.807, 2.05) is 18.2 Å². The second kappa shape index (κ2) is 5.34. The topological polar surface area (TPSA) is 29.5 Å². The molecule has 0 saturated heterocycles. The zero-order chi connectivity index (χ0) is 12.3. The van der Waals surface area contributed by atoms with Gasteiger partial charge in [0.1, 0.15) is 5.75 Å². The van der Waals surface area contributed by atoms with E-state index in [0.29, 0.717) is 11.7 Å². The van der Waals surface area contributed by atoms with Crippen LogP contribution in [0.2, 0.25) is 0 Å². The molecule has 88 valence electrons. The molecule has 0 radical (unpaired) electrons. The fraction of sp³-hybridized carbons (Fsp3) is 0.417. The van der Waals surface area contributed by atoms with E-state index in [-0.39, 0.29) is 4.82 Å². The molecule has 0 aliphatic rings. The summed E-state index contributed by atoms with van der Waals surface area (Å²) in [7, 11) is 3.31. The first kappa shape index (κ1) is 13.0. The SMILES string of the molecule is COc1ccc(C(C)C)cc1N(C)C(=O)Br. The normalized spacial score (nSPS) is 10.4. The lowest BCUT2D eigenvalue weighted by molar-refractivity contribution is 0.266. The van der Waals surface area contributed by atoms with Crippen LogP contribution in [0.15, 0.2) is 18.2 Å². The predicted octanol–water partition coefficient (Wildman–Crippen LogP) is 3.77. The smallest absolute Gasteiger partial charge is 0.293 e. The number of methoxy groups -OCH3 is 1. The molecule has 0 saturated carbocycles. The van der Waals surface area contributed by atoms with Gasteiger partial charge in [0.25, 0.3) is 4.82 Å². The maximum Gasteiger partial charge on any atom is 0.293 e. The van der Waals surface area contributed by atoms with Crippen LogP contribution in [0.25, 0.3) is 0 Å². The van der Waals surface area contributed by atoms with E-state index < -0.39 is 0 Å². The molecule has 0 atom stereocenters. The molecule has 4 heteroatoms. The Kier molecular flexibility index (Phi) is 4.35. The molecule has 0 aliphatic heterocycles. The lowest BCUT2D eigenvalue weighted by Gasteiger charge is -2.19. The van der Waals surface area contributed by atoms with Crippen molar-refractivity contribution in [2.75, 3.05) is 19.1 Å². The van der Waals surface area contributed by atoms with Crippen molar-refractivity contribution in [3.05, 3.63) is 23.8 Å². The summed E-state index contributed by atoms with van der Waals surface area (Å²) in [5.41, 5.74) is 1.95. The van der Waals surface area contributed by atoms with Crippen LogP contribution in [0.5, 0.6) is 5.75 Å². The molecule has 0 spiro atoms. The van der Waals surface area contributed by atoms with Crippen molar-refractivity contribution in [2.45, 2.75) is 19.8 Å². The summed E-state index contributed by atoms with van der Waals surface area (Å²) in [6, 6.07) is 5.87. The standard InChI is InChI=1S/C12H16BrNO2/c1-8(2)9-5-6-11(16-4)10(7-9)14(3)12(13)15/h5-8H,1-4H3. The van der Waals surface area contributed by atoms with Gasteiger partial charge in [0.15, 0.2) is 0 Å². The quantitative estimate of drug-likeness (QED) is 0.625. The number of amides is 1. The molecule has 0 N–H and O–H groups in total. The van der Waals surface area contributed by atoms with Gasteiger partial charge in [-0.2, -0.15) is 0 Å². The molecule has 0 bridgehead atoms. The van der Waals surface area contributed by atoms with Crippen LogP contribution < -0.4 is 9.64 Å². The number of halogens is 1. The van der Waals surface area contributed by atoms with Crippen molar-refractivity contribution in [2.24, 2.45) is 0 Å². The Morgan fingerprint density at radius 3 is 2.50 bits per heavy atom. The van der Waals surface area contributed by atoms with Gasteiger partial charge in [-0.15, -0.1) is 0 Å². The number of carbonyl (C=O) groups is 1. The van der Waals surface area contributed by atoms with Crippen LogP contribution >= 0.6 is 15.9 Å². The van der Waals surface area contributed by atoms with Gasteiger partial charge in [-0.25, -0.2) is 0 Å². The van der Waals surface area contributed by atoms with Gasteiger partial charge in [0, 0.05) is 23.0 Å². The Morgan fingerprint density at radius 2 is 2.06 bits per heavy atom. The largest absolute Gasteiger partial charge is 0.495 e. The highest BCUT2D eigenvalue weighted by Crippen LogP contribution is 2.31. The molecule has 1 aromatic carbocycles. The van der Waals surface area contributed by atoms with Gasteiger partial charge in [-0.05, 0) is 23.6 Å². The number of hydrogen-bond donors (Lipinski definition) is 0. The molecule has 1 amide bonds. The summed E-state index contributed by atoms with van der Waals surface area (Å²) in [5, 5.41) is 0. The van der Waals surface area contributed by atoms with Crippen LogP contribution in [-0.2, 0) is 0 Å². The minimum atomic E-state index is -0.188. The van der Waals surface area contributed by atoms with Crippen molar-refractivity contribution in [1.29, 1.82) is 0 Å². The number of benzene rings is 1. The molecule has 0 aliphatic carbocycles. The summed E-state index contributed by atoms with van der Waals surface area (Å²) in [5.74, 6) is 1.11. The van der Waals surface area contributed by atoms with E-state index in [0.717, 1.165) is 5.69 Å². The molecular formula is C12H16BrNO2. The average molecular weight is 286 g/mol. The van der Waals surface area contributed by atoms with Crippen molar-refractivity contribution in [3.63, 3.8) is 0 Å². The summed E-state index contributed by atoms with van der Waals surface area (Å²) < 4.78 is 5.24. The Labute approximate surface area is 105 Å². The van der Waals surface area contributed by atoms with Crippen LogP contribution in [0.1, 0.15) is 25.3 Å². The molecule has 0 unspecified atom stereocenters. The fourth-order valence-corrected chi connectivity index (χ4v) is 1.61. The maximum absolute atomic E-state index is 11.3. The first-order valence-electron chi connectivity index (χ1n) is 5.08. The van der Waals surface area contributed by atoms with E-state index >= 15 is 0 Å². The molecular weight excluding hydrogens is 270 g/mol. The van der Waals surface area contributed by atoms with E-state index in [9.17, 15) is 4.79 Å². The highest BCUT2D eigenvalue weighted by atomic mass is 79.9. The minimum Gasteiger partial charge on any atom is -0.495 e. The van der Waals surface area contributed by atoms with Crippen LogP contribution in [-0.4, -0.2) is 19.0 Å². The average Bonchev–Trinajstić information content (AvgIpc) is 2.26. The third-order valence-electron chi connectivity index (χ3n) is 2.49. The summed E-state index contributed by atoms with van der Waals surface area (Å²) in [6.45, 7) is 4.23. The lowest BCUT2D eigenvalue weighted by atomic mass is 10.0. The second-order valence-electron chi connectivity index (χ2n) is 3.90. The third-order valence-corrected chi connectivity index (χ3v) is 3.03. The number of hydrogen-bond acceptors (Lipinski definition) is 2. The number of carbonyl (C=O) groups excluding carboxylic acids is 1. The van der Waals surface area contributed by atoms with Gasteiger partial charge < -0.3 is 9.64 Å². The van der Waals surface area contributed by atoms with Crippen molar-refractivity contribution in [3.8, 4) is 5.75 Å². The second-order valence-corrected chi connectivity index (χ2v) is 4.58. The summed E-state index contributed by atoms with van der Waals surface area (Å²) in [4.78, 5) is 12.6. The van der Waals surface area contributed by atoms with Crippen LogP contribution in [0, 0.1) is 0 Å². The molecule has 3 nitrogen and oxygen atoms in total. The number of ether oxygens (including phenoxy) is 1. The third kappa shape index (κ3) is 2.76. The van der Waals surface area contributed by atoms with Crippen molar-refractivity contribution in [1.82, 2.24) is 0 Å². The number of anilines is 1. The van der Waals surface area contributed by atoms with Gasteiger partial charge in [0.05, 0.1) is 12.8 Å². The first-order valence-corrected chi connectivity index (χ1v) is 5.87. The van der Waals surface area contributed by atoms with E-state index in [1.54, 1.807) is 14.2 Å². The molecule has 0 aromatic heterocycles. The summed E-state index contributed by atoms with van der Waals surface area (Å²) >= 11 is 2.93. The Hall–Kier alpha value is -1.03. The van der Waals surface area contributed by atoms with Crippen LogP contribution in [0.4, 0.5) is 10.5 Å². The van der Waals surface area contributed by atoms with E-state index in [1.165, 1.54) is 10.5 Å².